The van der Waals surface area contributed by atoms with Gasteiger partial charge in [0.25, 0.3) is 10.0 Å². The first-order valence-electron chi connectivity index (χ1n) is 11.3. The molecule has 0 aromatic heterocycles. The molecule has 0 heterocycles. The summed E-state index contributed by atoms with van der Waals surface area (Å²) < 4.78 is 28.5. The summed E-state index contributed by atoms with van der Waals surface area (Å²) in [6, 6.07) is 24.6. The third-order valence-electron chi connectivity index (χ3n) is 5.70. The van der Waals surface area contributed by atoms with Crippen molar-refractivity contribution in [3.8, 4) is 29.4 Å². The molecular formula is C31H25NO3S. The van der Waals surface area contributed by atoms with Crippen LogP contribution in [0.25, 0.3) is 0 Å². The van der Waals surface area contributed by atoms with Crippen LogP contribution in [0.15, 0.2) is 89.8 Å². The van der Waals surface area contributed by atoms with Crippen molar-refractivity contribution in [2.75, 3.05) is 4.72 Å². The minimum Gasteiger partial charge on any atom is -0.507 e. The van der Waals surface area contributed by atoms with Crippen molar-refractivity contribution in [3.05, 3.63) is 124 Å². The van der Waals surface area contributed by atoms with Gasteiger partial charge in [-0.05, 0) is 80.4 Å². The first kappa shape index (κ1) is 24.7. The fourth-order valence-corrected chi connectivity index (χ4v) is 4.55. The Kier molecular flexibility index (Phi) is 7.15. The van der Waals surface area contributed by atoms with E-state index in [1.54, 1.807) is 60.7 Å². The normalized spacial score (nSPS) is 10.5. The molecule has 36 heavy (non-hydrogen) atoms. The molecule has 0 unspecified atom stereocenters. The Balaban J connectivity index is 1.71. The molecule has 4 rings (SSSR count). The van der Waals surface area contributed by atoms with Gasteiger partial charge < -0.3 is 5.11 Å². The lowest BCUT2D eigenvalue weighted by molar-refractivity contribution is 0.473. The summed E-state index contributed by atoms with van der Waals surface area (Å²) in [6.07, 6.45) is 0. The lowest BCUT2D eigenvalue weighted by Crippen LogP contribution is -2.13. The maximum Gasteiger partial charge on any atom is 0.261 e. The van der Waals surface area contributed by atoms with Gasteiger partial charge in [-0.2, -0.15) is 0 Å². The van der Waals surface area contributed by atoms with Gasteiger partial charge in [-0.3, -0.25) is 4.72 Å². The molecule has 2 N–H and O–H groups in total. The molecule has 0 spiro atoms. The number of rotatable bonds is 3. The molecule has 178 valence electrons. The maximum atomic E-state index is 12.9. The van der Waals surface area contributed by atoms with Crippen molar-refractivity contribution in [3.63, 3.8) is 0 Å². The molecule has 0 aliphatic rings. The van der Waals surface area contributed by atoms with E-state index in [-0.39, 0.29) is 10.6 Å². The highest BCUT2D eigenvalue weighted by molar-refractivity contribution is 7.92. The van der Waals surface area contributed by atoms with E-state index in [1.165, 1.54) is 0 Å². The topological polar surface area (TPSA) is 66.4 Å². The third-order valence-corrected chi connectivity index (χ3v) is 7.09. The van der Waals surface area contributed by atoms with Gasteiger partial charge >= 0.3 is 0 Å². The van der Waals surface area contributed by atoms with E-state index in [1.807, 2.05) is 45.0 Å². The molecule has 0 atom stereocenters. The lowest BCUT2D eigenvalue weighted by Gasteiger charge is -2.10. The summed E-state index contributed by atoms with van der Waals surface area (Å²) in [5, 5.41) is 10.0. The lowest BCUT2D eigenvalue weighted by atomic mass is 9.99. The number of aryl methyl sites for hydroxylation is 3. The van der Waals surface area contributed by atoms with Crippen LogP contribution in [0.1, 0.15) is 38.9 Å². The molecule has 0 saturated heterocycles. The highest BCUT2D eigenvalue weighted by atomic mass is 32.2. The van der Waals surface area contributed by atoms with Gasteiger partial charge in [-0.1, -0.05) is 65.6 Å². The number of nitrogens with one attached hydrogen (secondary N) is 1. The maximum absolute atomic E-state index is 12.9. The molecule has 0 radical (unpaired) electrons. The van der Waals surface area contributed by atoms with E-state index < -0.39 is 10.0 Å². The Bertz CT molecular complexity index is 1660. The van der Waals surface area contributed by atoms with Crippen LogP contribution in [-0.4, -0.2) is 13.5 Å². The summed E-state index contributed by atoms with van der Waals surface area (Å²) in [5.74, 6) is 12.6. The fourth-order valence-electron chi connectivity index (χ4n) is 3.47. The van der Waals surface area contributed by atoms with Gasteiger partial charge in [0.15, 0.2) is 0 Å². The van der Waals surface area contributed by atoms with E-state index in [0.29, 0.717) is 16.8 Å². The largest absolute Gasteiger partial charge is 0.507 e. The predicted molar refractivity (Wildman–Crippen MR) is 144 cm³/mol. The Morgan fingerprint density at radius 2 is 1.14 bits per heavy atom. The number of sulfonamides is 1. The highest BCUT2D eigenvalue weighted by Gasteiger charge is 2.15. The monoisotopic (exact) mass is 491 g/mol. The number of para-hydroxylation sites is 2. The standard InChI is InChI=1S/C31H25NO3S/c1-22-12-18-29(19-13-22)36(34,35)32-30-10-6-4-8-25(30)14-16-27-20-23(2)24(3)21-28(27)17-15-26-9-5-7-11-31(26)33/h4-13,18-21,32-33H,1-3H3. The average molecular weight is 492 g/mol. The van der Waals surface area contributed by atoms with Crippen molar-refractivity contribution >= 4 is 15.7 Å². The van der Waals surface area contributed by atoms with Gasteiger partial charge in [0.05, 0.1) is 16.1 Å². The summed E-state index contributed by atoms with van der Waals surface area (Å²) in [6.45, 7) is 5.92. The number of aromatic hydroxyl groups is 1. The van der Waals surface area contributed by atoms with E-state index in [4.69, 9.17) is 0 Å². The molecule has 4 aromatic rings. The predicted octanol–water partition coefficient (Wildman–Crippen LogP) is 5.92. The van der Waals surface area contributed by atoms with Crippen molar-refractivity contribution in [2.24, 2.45) is 0 Å². The molecule has 0 fully saturated rings. The third kappa shape index (κ3) is 5.78. The summed E-state index contributed by atoms with van der Waals surface area (Å²) in [4.78, 5) is 0.187. The minimum atomic E-state index is -3.76. The molecule has 5 heteroatoms. The van der Waals surface area contributed by atoms with E-state index in [2.05, 4.69) is 28.4 Å². The van der Waals surface area contributed by atoms with Gasteiger partial charge in [-0.15, -0.1) is 0 Å². The Morgan fingerprint density at radius 3 is 1.75 bits per heavy atom. The highest BCUT2D eigenvalue weighted by Crippen LogP contribution is 2.21. The molecule has 4 aromatic carbocycles. The van der Waals surface area contributed by atoms with Gasteiger partial charge in [-0.25, -0.2) is 8.42 Å². The number of phenols is 1. The summed E-state index contributed by atoms with van der Waals surface area (Å²) in [5.41, 5.74) is 6.06. The molecule has 0 aliphatic carbocycles. The fraction of sp³-hybridized carbons (Fsp3) is 0.0968. The number of benzene rings is 4. The van der Waals surface area contributed by atoms with Crippen molar-refractivity contribution in [1.29, 1.82) is 0 Å². The summed E-state index contributed by atoms with van der Waals surface area (Å²) >= 11 is 0. The van der Waals surface area contributed by atoms with Crippen molar-refractivity contribution < 1.29 is 13.5 Å². The van der Waals surface area contributed by atoms with Crippen LogP contribution in [0.5, 0.6) is 5.75 Å². The average Bonchev–Trinajstić information content (AvgIpc) is 2.85. The SMILES string of the molecule is Cc1ccc(S(=O)(=O)Nc2ccccc2C#Cc2cc(C)c(C)cc2C#Cc2ccccc2O)cc1. The molecular weight excluding hydrogens is 466 g/mol. The Labute approximate surface area is 212 Å². The molecule has 0 saturated carbocycles. The number of hydrogen-bond acceptors (Lipinski definition) is 3. The number of phenolic OH excluding ortho intramolecular Hbond substituents is 1. The van der Waals surface area contributed by atoms with Crippen molar-refractivity contribution in [2.45, 2.75) is 25.7 Å². The smallest absolute Gasteiger partial charge is 0.261 e. The van der Waals surface area contributed by atoms with Crippen LogP contribution in [0.2, 0.25) is 0 Å². The summed E-state index contributed by atoms with van der Waals surface area (Å²) in [7, 11) is -3.76. The van der Waals surface area contributed by atoms with E-state index in [0.717, 1.165) is 27.8 Å². The first-order chi connectivity index (χ1) is 17.2. The van der Waals surface area contributed by atoms with Crippen LogP contribution in [0, 0.1) is 44.5 Å². The second kappa shape index (κ2) is 10.4. The molecule has 0 aliphatic heterocycles. The van der Waals surface area contributed by atoms with Crippen LogP contribution >= 0.6 is 0 Å². The van der Waals surface area contributed by atoms with Gasteiger partial charge in [0.1, 0.15) is 5.75 Å². The zero-order chi connectivity index (χ0) is 25.7. The quantitative estimate of drug-likeness (QED) is 0.350. The van der Waals surface area contributed by atoms with Gasteiger partial charge in [0, 0.05) is 16.7 Å². The van der Waals surface area contributed by atoms with Gasteiger partial charge in [0.2, 0.25) is 0 Å². The molecule has 0 bridgehead atoms. The zero-order valence-electron chi connectivity index (χ0n) is 20.3. The second-order valence-corrected chi connectivity index (χ2v) is 10.1. The Morgan fingerprint density at radius 1 is 0.639 bits per heavy atom. The Hall–Kier alpha value is -4.45. The number of anilines is 1. The van der Waals surface area contributed by atoms with E-state index >= 15 is 0 Å². The minimum absolute atomic E-state index is 0.122. The zero-order valence-corrected chi connectivity index (χ0v) is 21.1. The first-order valence-corrected chi connectivity index (χ1v) is 12.8. The second-order valence-electron chi connectivity index (χ2n) is 8.46. The van der Waals surface area contributed by atoms with Crippen LogP contribution in [-0.2, 0) is 10.0 Å². The van der Waals surface area contributed by atoms with Crippen LogP contribution < -0.4 is 4.72 Å². The van der Waals surface area contributed by atoms with Crippen LogP contribution in [0.3, 0.4) is 0 Å². The number of hydrogen-bond donors (Lipinski definition) is 2. The van der Waals surface area contributed by atoms with Crippen LogP contribution in [0.4, 0.5) is 5.69 Å². The molecule has 4 nitrogen and oxygen atoms in total. The molecule has 0 amide bonds. The van der Waals surface area contributed by atoms with Crippen molar-refractivity contribution in [1.82, 2.24) is 0 Å². The van der Waals surface area contributed by atoms with E-state index in [9.17, 15) is 13.5 Å².